The first-order chi connectivity index (χ1) is 13.0. The number of fused-ring (bicyclic) bond motifs is 1. The van der Waals surface area contributed by atoms with Crippen LogP contribution in [0.4, 0.5) is 10.2 Å². The molecule has 0 unspecified atom stereocenters. The highest BCUT2D eigenvalue weighted by atomic mass is 19.1. The largest absolute Gasteiger partial charge is 0.372 e. The van der Waals surface area contributed by atoms with Crippen molar-refractivity contribution in [3.8, 4) is 0 Å². The number of hydrogen-bond acceptors (Lipinski definition) is 5. The van der Waals surface area contributed by atoms with Gasteiger partial charge in [-0.25, -0.2) is 19.3 Å². The molecule has 0 amide bonds. The molecule has 5 nitrogen and oxygen atoms in total. The number of hydrogen-bond donors (Lipinski definition) is 1. The molecule has 2 aromatic heterocycles. The fourth-order valence-electron chi connectivity index (χ4n) is 2.69. The third-order valence-electron chi connectivity index (χ3n) is 4.10. The Morgan fingerprint density at radius 3 is 2.46 bits per heavy atom. The summed E-state index contributed by atoms with van der Waals surface area (Å²) in [5, 5.41) is 2.93. The summed E-state index contributed by atoms with van der Waals surface area (Å²) in [5.74, 6) is 0.440. The molecule has 0 bridgehead atoms. The summed E-state index contributed by atoms with van der Waals surface area (Å²) in [6, 6.07) is 6.62. The summed E-state index contributed by atoms with van der Waals surface area (Å²) in [4.78, 5) is 25.5. The number of ketones is 1. The standard InChI is InChI=1S/C19H19FN4O.C2H6.B/c1-11-6-13(4-5-16(11)20)7-15(25)8-14-9-17-19(23-12(14)2)24-18(21-3)10-22-17;1-2;/h4-6,9-10H,7-8H2,1-3H3,(H,21,23,24);1-2H3;. The van der Waals surface area contributed by atoms with Gasteiger partial charge in [0.15, 0.2) is 5.65 Å². The van der Waals surface area contributed by atoms with E-state index in [2.05, 4.69) is 20.3 Å². The second kappa shape index (κ2) is 10.5. The van der Waals surface area contributed by atoms with Crippen LogP contribution in [0.5, 0.6) is 0 Å². The van der Waals surface area contributed by atoms with Crippen LogP contribution in [-0.4, -0.2) is 36.2 Å². The van der Waals surface area contributed by atoms with Crippen LogP contribution in [-0.2, 0) is 17.6 Å². The lowest BCUT2D eigenvalue weighted by Gasteiger charge is -2.08. The van der Waals surface area contributed by atoms with E-state index in [0.717, 1.165) is 16.8 Å². The number of pyridine rings is 1. The van der Waals surface area contributed by atoms with Gasteiger partial charge in [-0.3, -0.25) is 4.79 Å². The first kappa shape index (κ1) is 23.2. The van der Waals surface area contributed by atoms with E-state index >= 15 is 0 Å². The first-order valence-electron chi connectivity index (χ1n) is 9.04. The quantitative estimate of drug-likeness (QED) is 0.683. The van der Waals surface area contributed by atoms with Crippen molar-refractivity contribution in [1.29, 1.82) is 0 Å². The van der Waals surface area contributed by atoms with E-state index in [1.165, 1.54) is 6.07 Å². The van der Waals surface area contributed by atoms with Gasteiger partial charge in [0, 0.05) is 34.0 Å². The molecular weight excluding hydrogens is 354 g/mol. The van der Waals surface area contributed by atoms with E-state index in [1.54, 1.807) is 32.3 Å². The number of rotatable bonds is 5. The predicted molar refractivity (Wildman–Crippen MR) is 112 cm³/mol. The van der Waals surface area contributed by atoms with Crippen LogP contribution >= 0.6 is 0 Å². The summed E-state index contributed by atoms with van der Waals surface area (Å²) >= 11 is 0. The Kier molecular flexibility index (Phi) is 8.70. The van der Waals surface area contributed by atoms with Crippen LogP contribution in [0, 0.1) is 19.7 Å². The Bertz CT molecular complexity index is 963. The number of nitrogens with one attached hydrogen (secondary N) is 1. The SMILES string of the molecule is CC.CNc1cnc2cc(CC(=O)Cc3ccc(F)c(C)c3)c(C)nc2n1.[B]. The smallest absolute Gasteiger partial charge is 0.180 e. The number of carbonyl (C=O) groups is 1. The number of aromatic nitrogens is 3. The zero-order chi connectivity index (χ0) is 20.0. The molecule has 0 spiro atoms. The maximum Gasteiger partial charge on any atom is 0.180 e. The van der Waals surface area contributed by atoms with Crippen LogP contribution in [0.3, 0.4) is 0 Å². The third kappa shape index (κ3) is 5.58. The minimum Gasteiger partial charge on any atom is -0.372 e. The molecule has 0 atom stereocenters. The minimum absolute atomic E-state index is 0. The molecule has 0 aliphatic rings. The summed E-state index contributed by atoms with van der Waals surface area (Å²) in [5.41, 5.74) is 4.17. The second-order valence-corrected chi connectivity index (χ2v) is 6.06. The van der Waals surface area contributed by atoms with Gasteiger partial charge in [-0.1, -0.05) is 26.0 Å². The van der Waals surface area contributed by atoms with E-state index in [1.807, 2.05) is 26.8 Å². The molecule has 1 aromatic carbocycles. The average Bonchev–Trinajstić information content (AvgIpc) is 2.66. The minimum atomic E-state index is -0.259. The van der Waals surface area contributed by atoms with Crippen molar-refractivity contribution in [2.24, 2.45) is 0 Å². The monoisotopic (exact) mass is 379 g/mol. The molecule has 7 heteroatoms. The zero-order valence-electron chi connectivity index (χ0n) is 17.0. The van der Waals surface area contributed by atoms with Crippen LogP contribution < -0.4 is 5.32 Å². The van der Waals surface area contributed by atoms with E-state index in [4.69, 9.17) is 0 Å². The number of nitrogens with zero attached hydrogens (tertiary/aromatic N) is 3. The molecule has 28 heavy (non-hydrogen) atoms. The highest BCUT2D eigenvalue weighted by Crippen LogP contribution is 2.17. The number of benzene rings is 1. The van der Waals surface area contributed by atoms with Crippen LogP contribution in [0.15, 0.2) is 30.5 Å². The van der Waals surface area contributed by atoms with Gasteiger partial charge in [-0.15, -0.1) is 0 Å². The number of halogens is 1. The summed E-state index contributed by atoms with van der Waals surface area (Å²) < 4.78 is 13.3. The van der Waals surface area contributed by atoms with E-state index in [-0.39, 0.29) is 32.9 Å². The van der Waals surface area contributed by atoms with Crippen molar-refractivity contribution in [1.82, 2.24) is 15.0 Å². The molecule has 145 valence electrons. The lowest BCUT2D eigenvalue weighted by molar-refractivity contribution is -0.117. The Hall–Kier alpha value is -2.83. The molecule has 0 aliphatic carbocycles. The van der Waals surface area contributed by atoms with Crippen molar-refractivity contribution >= 4 is 31.2 Å². The maximum absolute atomic E-state index is 13.3. The van der Waals surface area contributed by atoms with Gasteiger partial charge in [-0.2, -0.15) is 0 Å². The van der Waals surface area contributed by atoms with Gasteiger partial charge >= 0.3 is 0 Å². The molecule has 3 radical (unpaired) electrons. The number of anilines is 1. The fraction of sp³-hybridized carbons (Fsp3) is 0.333. The van der Waals surface area contributed by atoms with Crippen molar-refractivity contribution in [3.63, 3.8) is 0 Å². The Morgan fingerprint density at radius 1 is 1.11 bits per heavy atom. The molecular formula is C21H25BFN4O. The van der Waals surface area contributed by atoms with E-state index < -0.39 is 0 Å². The Morgan fingerprint density at radius 2 is 1.82 bits per heavy atom. The predicted octanol–water partition coefficient (Wildman–Crippen LogP) is 3.82. The van der Waals surface area contributed by atoms with Crippen LogP contribution in [0.1, 0.15) is 36.2 Å². The van der Waals surface area contributed by atoms with Gasteiger partial charge < -0.3 is 5.32 Å². The van der Waals surface area contributed by atoms with Gasteiger partial charge in [0.25, 0.3) is 0 Å². The van der Waals surface area contributed by atoms with Gasteiger partial charge in [-0.05, 0) is 42.7 Å². The number of aryl methyl sites for hydroxylation is 2. The van der Waals surface area contributed by atoms with Gasteiger partial charge in [0.05, 0.1) is 6.20 Å². The van der Waals surface area contributed by atoms with Crippen LogP contribution in [0.2, 0.25) is 0 Å². The fourth-order valence-corrected chi connectivity index (χ4v) is 2.69. The molecule has 1 N–H and O–H groups in total. The lowest BCUT2D eigenvalue weighted by atomic mass is 10.0. The number of carbonyl (C=O) groups excluding carboxylic acids is 1. The average molecular weight is 379 g/mol. The molecule has 0 saturated carbocycles. The molecule has 2 heterocycles. The summed E-state index contributed by atoms with van der Waals surface area (Å²) in [7, 11) is 1.77. The normalized spacial score (nSPS) is 9.93. The summed E-state index contributed by atoms with van der Waals surface area (Å²) in [6.07, 6.45) is 2.16. The van der Waals surface area contributed by atoms with Gasteiger partial charge in [0.1, 0.15) is 22.9 Å². The molecule has 3 aromatic rings. The lowest BCUT2D eigenvalue weighted by Crippen LogP contribution is -2.09. The van der Waals surface area contributed by atoms with Crippen molar-refractivity contribution in [3.05, 3.63) is 58.7 Å². The Balaban J connectivity index is 0.00000127. The van der Waals surface area contributed by atoms with Crippen molar-refractivity contribution in [2.45, 2.75) is 40.5 Å². The Labute approximate surface area is 167 Å². The molecule has 0 fully saturated rings. The second-order valence-electron chi connectivity index (χ2n) is 6.06. The van der Waals surface area contributed by atoms with E-state index in [9.17, 15) is 9.18 Å². The zero-order valence-corrected chi connectivity index (χ0v) is 17.0. The third-order valence-corrected chi connectivity index (χ3v) is 4.10. The van der Waals surface area contributed by atoms with Crippen molar-refractivity contribution in [2.75, 3.05) is 12.4 Å². The van der Waals surface area contributed by atoms with Crippen LogP contribution in [0.25, 0.3) is 11.2 Å². The molecule has 3 rings (SSSR count). The van der Waals surface area contributed by atoms with Gasteiger partial charge in [0.2, 0.25) is 0 Å². The highest BCUT2D eigenvalue weighted by Gasteiger charge is 2.12. The van der Waals surface area contributed by atoms with Crippen molar-refractivity contribution < 1.29 is 9.18 Å². The maximum atomic E-state index is 13.3. The number of Topliss-reactive ketones (excluding diaryl/α,β-unsaturated/α-hetero) is 1. The highest BCUT2D eigenvalue weighted by molar-refractivity contribution is 5.84. The molecule has 0 saturated heterocycles. The van der Waals surface area contributed by atoms with E-state index in [0.29, 0.717) is 22.5 Å². The topological polar surface area (TPSA) is 67.8 Å². The molecule has 0 aliphatic heterocycles. The first-order valence-corrected chi connectivity index (χ1v) is 9.04. The summed E-state index contributed by atoms with van der Waals surface area (Å²) in [6.45, 7) is 7.55.